The summed E-state index contributed by atoms with van der Waals surface area (Å²) >= 11 is 5.66. The number of rotatable bonds is 5. The standard InChI is InChI=1S/C10H18ClNO4S/c1-16-7-8(6-11)12-10(13)9-4-2-3-5-17(9,14)15/h8-9H,2-7H2,1H3,(H,12,13). The Bertz CT molecular complexity index is 357. The molecule has 1 fully saturated rings. The minimum atomic E-state index is -3.29. The topological polar surface area (TPSA) is 72.5 Å². The van der Waals surface area contributed by atoms with Gasteiger partial charge in [0.1, 0.15) is 5.25 Å². The van der Waals surface area contributed by atoms with Crippen LogP contribution in [0, 0.1) is 0 Å². The maximum Gasteiger partial charge on any atom is 0.238 e. The molecule has 1 aliphatic rings. The molecule has 0 bridgehead atoms. The Labute approximate surface area is 107 Å². The lowest BCUT2D eigenvalue weighted by molar-refractivity contribution is -0.121. The number of carbonyl (C=O) groups excluding carboxylic acids is 1. The number of methoxy groups -OCH3 is 1. The summed E-state index contributed by atoms with van der Waals surface area (Å²) in [7, 11) is -1.78. The van der Waals surface area contributed by atoms with Gasteiger partial charge in [-0.2, -0.15) is 0 Å². The fraction of sp³-hybridized carbons (Fsp3) is 0.900. The maximum absolute atomic E-state index is 11.9. The molecular formula is C10H18ClNO4S. The summed E-state index contributed by atoms with van der Waals surface area (Å²) in [6.45, 7) is 0.280. The fourth-order valence-corrected chi connectivity index (χ4v) is 3.85. The Morgan fingerprint density at radius 2 is 2.24 bits per heavy atom. The minimum Gasteiger partial charge on any atom is -0.383 e. The summed E-state index contributed by atoms with van der Waals surface area (Å²) < 4.78 is 28.3. The van der Waals surface area contributed by atoms with Gasteiger partial charge in [-0.15, -0.1) is 11.6 Å². The number of ether oxygens (including phenoxy) is 1. The zero-order chi connectivity index (χ0) is 12.9. The van der Waals surface area contributed by atoms with Crippen LogP contribution >= 0.6 is 11.6 Å². The second-order valence-corrected chi connectivity index (χ2v) is 6.78. The van der Waals surface area contributed by atoms with Crippen molar-refractivity contribution in [3.05, 3.63) is 0 Å². The zero-order valence-corrected chi connectivity index (χ0v) is 11.4. The maximum atomic E-state index is 11.9. The third kappa shape index (κ3) is 4.12. The number of sulfone groups is 1. The van der Waals surface area contributed by atoms with Crippen molar-refractivity contribution in [2.24, 2.45) is 0 Å². The lowest BCUT2D eigenvalue weighted by Crippen LogP contribution is -2.48. The molecule has 0 spiro atoms. The number of halogens is 1. The van der Waals surface area contributed by atoms with Gasteiger partial charge in [0.05, 0.1) is 18.4 Å². The third-order valence-electron chi connectivity index (χ3n) is 2.77. The quantitative estimate of drug-likeness (QED) is 0.738. The van der Waals surface area contributed by atoms with Gasteiger partial charge in [-0.3, -0.25) is 4.79 Å². The van der Waals surface area contributed by atoms with Gasteiger partial charge in [0.2, 0.25) is 5.91 Å². The molecule has 0 radical (unpaired) electrons. The molecule has 7 heteroatoms. The fourth-order valence-electron chi connectivity index (χ4n) is 1.87. The Morgan fingerprint density at radius 3 is 2.76 bits per heavy atom. The van der Waals surface area contributed by atoms with E-state index >= 15 is 0 Å². The smallest absolute Gasteiger partial charge is 0.238 e. The van der Waals surface area contributed by atoms with Crippen LogP contribution in [0.4, 0.5) is 0 Å². The highest BCUT2D eigenvalue weighted by atomic mass is 35.5. The molecule has 2 atom stereocenters. The van der Waals surface area contributed by atoms with Gasteiger partial charge in [-0.1, -0.05) is 6.42 Å². The van der Waals surface area contributed by atoms with E-state index in [-0.39, 0.29) is 24.3 Å². The van der Waals surface area contributed by atoms with Crippen LogP contribution in [-0.4, -0.2) is 51.0 Å². The Kier molecular flexibility index (Phi) is 5.69. The molecule has 0 saturated carbocycles. The Morgan fingerprint density at radius 1 is 1.53 bits per heavy atom. The molecule has 2 unspecified atom stereocenters. The highest BCUT2D eigenvalue weighted by Gasteiger charge is 2.35. The van der Waals surface area contributed by atoms with Gasteiger partial charge in [0.25, 0.3) is 0 Å². The van der Waals surface area contributed by atoms with Gasteiger partial charge in [-0.05, 0) is 12.8 Å². The molecule has 1 N–H and O–H groups in total. The number of alkyl halides is 1. The van der Waals surface area contributed by atoms with Crippen LogP contribution < -0.4 is 5.32 Å². The van der Waals surface area contributed by atoms with Gasteiger partial charge in [-0.25, -0.2) is 8.42 Å². The molecule has 1 amide bonds. The van der Waals surface area contributed by atoms with Crippen LogP contribution in [0.2, 0.25) is 0 Å². The second-order valence-electron chi connectivity index (χ2n) is 4.17. The average Bonchev–Trinajstić information content (AvgIpc) is 2.27. The average molecular weight is 284 g/mol. The van der Waals surface area contributed by atoms with Gasteiger partial charge >= 0.3 is 0 Å². The normalized spacial score (nSPS) is 25.2. The highest BCUT2D eigenvalue weighted by molar-refractivity contribution is 7.92. The summed E-state index contributed by atoms with van der Waals surface area (Å²) in [4.78, 5) is 11.9. The number of hydrogen-bond acceptors (Lipinski definition) is 4. The van der Waals surface area contributed by atoms with Crippen molar-refractivity contribution in [3.63, 3.8) is 0 Å². The molecule has 0 aliphatic carbocycles. The van der Waals surface area contributed by atoms with Crippen LogP contribution in [0.3, 0.4) is 0 Å². The molecular weight excluding hydrogens is 266 g/mol. The first-order chi connectivity index (χ1) is 8.01. The monoisotopic (exact) mass is 283 g/mol. The number of carbonyl (C=O) groups is 1. The molecule has 1 rings (SSSR count). The summed E-state index contributed by atoms with van der Waals surface area (Å²) in [6.07, 6.45) is 1.81. The third-order valence-corrected chi connectivity index (χ3v) is 5.32. The van der Waals surface area contributed by atoms with E-state index in [1.807, 2.05) is 0 Å². The number of amides is 1. The molecule has 5 nitrogen and oxygen atoms in total. The van der Waals surface area contributed by atoms with E-state index in [0.29, 0.717) is 12.8 Å². The van der Waals surface area contributed by atoms with Gasteiger partial charge in [0.15, 0.2) is 9.84 Å². The molecule has 1 saturated heterocycles. The summed E-state index contributed by atoms with van der Waals surface area (Å²) in [5.41, 5.74) is 0. The Hall–Kier alpha value is -0.330. The van der Waals surface area contributed by atoms with Gasteiger partial charge < -0.3 is 10.1 Å². The highest BCUT2D eigenvalue weighted by Crippen LogP contribution is 2.19. The van der Waals surface area contributed by atoms with E-state index in [4.69, 9.17) is 16.3 Å². The summed E-state index contributed by atoms with van der Waals surface area (Å²) in [6, 6.07) is -0.341. The van der Waals surface area contributed by atoms with Crippen LogP contribution in [0.1, 0.15) is 19.3 Å². The second kappa shape index (κ2) is 6.56. The number of nitrogens with one attached hydrogen (secondary N) is 1. The van der Waals surface area contributed by atoms with E-state index in [0.717, 1.165) is 6.42 Å². The van der Waals surface area contributed by atoms with Crippen LogP contribution in [-0.2, 0) is 19.4 Å². The van der Waals surface area contributed by atoms with Crippen molar-refractivity contribution in [1.29, 1.82) is 0 Å². The van der Waals surface area contributed by atoms with E-state index < -0.39 is 21.0 Å². The van der Waals surface area contributed by atoms with Crippen molar-refractivity contribution in [1.82, 2.24) is 5.32 Å². The van der Waals surface area contributed by atoms with Crippen molar-refractivity contribution in [2.75, 3.05) is 25.3 Å². The molecule has 1 heterocycles. The summed E-state index contributed by atoms with van der Waals surface area (Å²) in [5.74, 6) is -0.153. The predicted octanol–water partition coefficient (Wildman–Crippen LogP) is 0.324. The zero-order valence-electron chi connectivity index (χ0n) is 9.82. The first-order valence-corrected chi connectivity index (χ1v) is 7.83. The molecule has 17 heavy (non-hydrogen) atoms. The minimum absolute atomic E-state index is 0.0981. The number of hydrogen-bond donors (Lipinski definition) is 1. The van der Waals surface area contributed by atoms with E-state index in [1.165, 1.54) is 7.11 Å². The molecule has 1 aliphatic heterocycles. The Balaban J connectivity index is 2.62. The molecule has 0 aromatic heterocycles. The first-order valence-electron chi connectivity index (χ1n) is 5.58. The first kappa shape index (κ1) is 14.7. The molecule has 100 valence electrons. The van der Waals surface area contributed by atoms with Crippen molar-refractivity contribution < 1.29 is 17.9 Å². The SMILES string of the molecule is COCC(CCl)NC(=O)C1CCCCS1(=O)=O. The van der Waals surface area contributed by atoms with Crippen molar-refractivity contribution in [3.8, 4) is 0 Å². The van der Waals surface area contributed by atoms with Crippen LogP contribution in [0.5, 0.6) is 0 Å². The van der Waals surface area contributed by atoms with Crippen LogP contribution in [0.15, 0.2) is 0 Å². The van der Waals surface area contributed by atoms with Crippen LogP contribution in [0.25, 0.3) is 0 Å². The summed E-state index contributed by atoms with van der Waals surface area (Å²) in [5, 5.41) is 1.70. The van der Waals surface area contributed by atoms with Crippen molar-refractivity contribution >= 4 is 27.3 Å². The van der Waals surface area contributed by atoms with Crippen molar-refractivity contribution in [2.45, 2.75) is 30.6 Å². The van der Waals surface area contributed by atoms with E-state index in [2.05, 4.69) is 5.32 Å². The van der Waals surface area contributed by atoms with Gasteiger partial charge in [0, 0.05) is 13.0 Å². The lowest BCUT2D eigenvalue weighted by atomic mass is 10.1. The van der Waals surface area contributed by atoms with E-state index in [9.17, 15) is 13.2 Å². The lowest BCUT2D eigenvalue weighted by Gasteiger charge is -2.23. The predicted molar refractivity (Wildman–Crippen MR) is 66.0 cm³/mol. The van der Waals surface area contributed by atoms with E-state index in [1.54, 1.807) is 0 Å². The largest absolute Gasteiger partial charge is 0.383 e. The molecule has 0 aromatic carbocycles. The molecule has 0 aromatic rings.